The lowest BCUT2D eigenvalue weighted by atomic mass is 10.0. The summed E-state index contributed by atoms with van der Waals surface area (Å²) in [6.45, 7) is 3.81. The van der Waals surface area contributed by atoms with E-state index in [1.54, 1.807) is 0 Å². The zero-order valence-electron chi connectivity index (χ0n) is 21.2. The van der Waals surface area contributed by atoms with Gasteiger partial charge in [0.15, 0.2) is 0 Å². The van der Waals surface area contributed by atoms with Crippen molar-refractivity contribution >= 4 is 33.2 Å². The molecule has 0 amide bonds. The van der Waals surface area contributed by atoms with Gasteiger partial charge < -0.3 is 0 Å². The second-order valence-corrected chi connectivity index (χ2v) is 9.52. The second kappa shape index (κ2) is 8.14. The molecule has 0 aliphatic heterocycles. The summed E-state index contributed by atoms with van der Waals surface area (Å²) in [6.07, 6.45) is 0. The Kier molecular flexibility index (Phi) is 4.67. The molecule has 182 valence electrons. The Balaban J connectivity index is 1.62. The van der Waals surface area contributed by atoms with Crippen molar-refractivity contribution in [3.8, 4) is 46.8 Å². The SMILES string of the molecule is Cc1c2nc3c(nc2c(C)c2nc4c(nc12)-c1ccccc1C4=C(C#N)C#N)-c1ccccc1C3=C(C#N)C#N. The standard InChI is InChI=1S/C32H14N8/c1-15-25-28(40-32-24(18(13-35)14-36)19-7-3-5-9-21(19)29(32)37-25)16(2)26-27(15)39-31-23(17(11-33)12-34)20-8-4-6-10-22(20)30(31)38-26/h3-10H,1-2H3. The summed E-state index contributed by atoms with van der Waals surface area (Å²) in [5.74, 6) is 0. The summed E-state index contributed by atoms with van der Waals surface area (Å²) in [4.78, 5) is 20.1. The van der Waals surface area contributed by atoms with Crippen LogP contribution in [0.3, 0.4) is 0 Å². The molecular weight excluding hydrogens is 496 g/mol. The van der Waals surface area contributed by atoms with E-state index in [1.165, 1.54) is 0 Å². The first-order chi connectivity index (χ1) is 19.5. The van der Waals surface area contributed by atoms with Gasteiger partial charge in [0, 0.05) is 33.4 Å². The Morgan fingerprint density at radius 2 is 0.775 bits per heavy atom. The number of hydrogen-bond acceptors (Lipinski definition) is 8. The van der Waals surface area contributed by atoms with Crippen LogP contribution < -0.4 is 0 Å². The maximum atomic E-state index is 9.72. The molecule has 0 radical (unpaired) electrons. The molecular formula is C32H14N8. The van der Waals surface area contributed by atoms with E-state index in [0.717, 1.165) is 33.4 Å². The third-order valence-corrected chi connectivity index (χ3v) is 7.54. The molecule has 40 heavy (non-hydrogen) atoms. The number of fused-ring (bicyclic) bond motifs is 8. The summed E-state index contributed by atoms with van der Waals surface area (Å²) < 4.78 is 0. The van der Waals surface area contributed by atoms with Gasteiger partial charge in [0.05, 0.1) is 44.8 Å². The molecule has 0 bridgehead atoms. The molecule has 5 aromatic rings. The number of nitriles is 4. The van der Waals surface area contributed by atoms with E-state index in [1.807, 2.05) is 86.7 Å². The number of benzene rings is 3. The van der Waals surface area contributed by atoms with Crippen molar-refractivity contribution in [2.24, 2.45) is 0 Å². The zero-order valence-corrected chi connectivity index (χ0v) is 21.2. The van der Waals surface area contributed by atoms with Crippen LogP contribution in [-0.2, 0) is 0 Å². The Morgan fingerprint density at radius 1 is 0.475 bits per heavy atom. The predicted octanol–water partition coefficient (Wildman–Crippen LogP) is 5.85. The average molecular weight is 511 g/mol. The molecule has 0 fully saturated rings. The molecule has 0 spiro atoms. The first-order valence-corrected chi connectivity index (χ1v) is 12.3. The minimum absolute atomic E-state index is 0.0191. The average Bonchev–Trinajstić information content (AvgIpc) is 3.48. The lowest BCUT2D eigenvalue weighted by molar-refractivity contribution is 1.21. The van der Waals surface area contributed by atoms with E-state index in [2.05, 4.69) is 0 Å². The van der Waals surface area contributed by atoms with Gasteiger partial charge in [0.25, 0.3) is 0 Å². The number of aryl methyl sites for hydroxylation is 2. The van der Waals surface area contributed by atoms with Crippen molar-refractivity contribution in [3.63, 3.8) is 0 Å². The van der Waals surface area contributed by atoms with Crippen LogP contribution in [0.2, 0.25) is 0 Å². The fourth-order valence-corrected chi connectivity index (χ4v) is 5.72. The topological polar surface area (TPSA) is 147 Å². The Bertz CT molecular complexity index is 2080. The normalized spacial score (nSPS) is 12.1. The largest absolute Gasteiger partial charge is 0.243 e. The highest BCUT2D eigenvalue weighted by atomic mass is 14.9. The summed E-state index contributed by atoms with van der Waals surface area (Å²) in [5.41, 5.74) is 10.2. The summed E-state index contributed by atoms with van der Waals surface area (Å²) in [5, 5.41) is 38.9. The van der Waals surface area contributed by atoms with Crippen LogP contribution in [-0.4, -0.2) is 19.9 Å². The zero-order chi connectivity index (χ0) is 27.7. The highest BCUT2D eigenvalue weighted by molar-refractivity contribution is 6.08. The van der Waals surface area contributed by atoms with Crippen LogP contribution in [0.25, 0.3) is 55.7 Å². The molecule has 2 aliphatic carbocycles. The summed E-state index contributed by atoms with van der Waals surface area (Å²) >= 11 is 0. The number of rotatable bonds is 0. The summed E-state index contributed by atoms with van der Waals surface area (Å²) in [6, 6.07) is 23.1. The van der Waals surface area contributed by atoms with E-state index in [0.29, 0.717) is 56.0 Å². The monoisotopic (exact) mass is 510 g/mol. The third kappa shape index (κ3) is 2.80. The fourth-order valence-electron chi connectivity index (χ4n) is 5.72. The van der Waals surface area contributed by atoms with E-state index < -0.39 is 0 Å². The van der Waals surface area contributed by atoms with Gasteiger partial charge in [-0.3, -0.25) is 0 Å². The minimum Gasteiger partial charge on any atom is -0.243 e. The van der Waals surface area contributed by atoms with Crippen molar-refractivity contribution in [3.05, 3.63) is 93.3 Å². The predicted molar refractivity (Wildman–Crippen MR) is 147 cm³/mol. The maximum absolute atomic E-state index is 9.72. The molecule has 8 heteroatoms. The Morgan fingerprint density at radius 3 is 1.10 bits per heavy atom. The number of nitrogens with zero attached hydrogens (tertiary/aromatic N) is 8. The van der Waals surface area contributed by atoms with Crippen LogP contribution in [0.1, 0.15) is 33.6 Å². The molecule has 8 nitrogen and oxygen atoms in total. The molecule has 0 saturated carbocycles. The first kappa shape index (κ1) is 22.9. The lowest BCUT2D eigenvalue weighted by Gasteiger charge is -2.13. The number of hydrogen-bond donors (Lipinski definition) is 0. The molecule has 2 heterocycles. The van der Waals surface area contributed by atoms with Gasteiger partial charge in [-0.05, 0) is 25.0 Å². The molecule has 2 aliphatic rings. The fraction of sp³-hybridized carbons (Fsp3) is 0.0625. The van der Waals surface area contributed by atoms with Gasteiger partial charge in [0.1, 0.15) is 35.4 Å². The van der Waals surface area contributed by atoms with E-state index in [4.69, 9.17) is 19.9 Å². The van der Waals surface area contributed by atoms with Gasteiger partial charge in [-0.1, -0.05) is 48.5 Å². The minimum atomic E-state index is -0.0191. The van der Waals surface area contributed by atoms with Crippen molar-refractivity contribution in [1.82, 2.24) is 19.9 Å². The van der Waals surface area contributed by atoms with Gasteiger partial charge in [-0.25, -0.2) is 19.9 Å². The van der Waals surface area contributed by atoms with Crippen LogP contribution in [0.15, 0.2) is 59.7 Å². The Hall–Kier alpha value is -6.22. The highest BCUT2D eigenvalue weighted by Gasteiger charge is 2.33. The van der Waals surface area contributed by atoms with Gasteiger partial charge in [0.2, 0.25) is 0 Å². The van der Waals surface area contributed by atoms with E-state index in [-0.39, 0.29) is 11.1 Å². The van der Waals surface area contributed by atoms with E-state index >= 15 is 0 Å². The molecule has 0 unspecified atom stereocenters. The van der Waals surface area contributed by atoms with Crippen molar-refractivity contribution in [1.29, 1.82) is 21.0 Å². The third-order valence-electron chi connectivity index (χ3n) is 7.54. The molecule has 0 saturated heterocycles. The lowest BCUT2D eigenvalue weighted by Crippen LogP contribution is -2.03. The first-order valence-electron chi connectivity index (χ1n) is 12.3. The van der Waals surface area contributed by atoms with Crippen LogP contribution in [0, 0.1) is 59.2 Å². The Labute approximate surface area is 228 Å². The van der Waals surface area contributed by atoms with Crippen molar-refractivity contribution in [2.75, 3.05) is 0 Å². The quantitative estimate of drug-likeness (QED) is 0.182. The van der Waals surface area contributed by atoms with Gasteiger partial charge >= 0.3 is 0 Å². The van der Waals surface area contributed by atoms with E-state index in [9.17, 15) is 21.0 Å². The van der Waals surface area contributed by atoms with Gasteiger partial charge in [-0.2, -0.15) is 21.0 Å². The molecule has 3 aromatic carbocycles. The van der Waals surface area contributed by atoms with Crippen molar-refractivity contribution < 1.29 is 0 Å². The molecule has 7 rings (SSSR count). The van der Waals surface area contributed by atoms with Crippen LogP contribution in [0.4, 0.5) is 0 Å². The maximum Gasteiger partial charge on any atom is 0.139 e. The van der Waals surface area contributed by atoms with Crippen LogP contribution in [0.5, 0.6) is 0 Å². The highest BCUT2D eigenvalue weighted by Crippen LogP contribution is 2.47. The molecule has 0 N–H and O–H groups in total. The number of allylic oxidation sites excluding steroid dienone is 2. The molecule has 2 aromatic heterocycles. The van der Waals surface area contributed by atoms with Crippen molar-refractivity contribution in [2.45, 2.75) is 13.8 Å². The van der Waals surface area contributed by atoms with Gasteiger partial charge in [-0.15, -0.1) is 0 Å². The second-order valence-electron chi connectivity index (χ2n) is 9.52. The summed E-state index contributed by atoms with van der Waals surface area (Å²) in [7, 11) is 0. The smallest absolute Gasteiger partial charge is 0.139 e. The number of aromatic nitrogens is 4. The molecule has 0 atom stereocenters. The van der Waals surface area contributed by atoms with Crippen LogP contribution >= 0.6 is 0 Å².